The van der Waals surface area contributed by atoms with Gasteiger partial charge in [0.2, 0.25) is 0 Å². The van der Waals surface area contributed by atoms with E-state index in [1.807, 2.05) is 6.92 Å². The summed E-state index contributed by atoms with van der Waals surface area (Å²) in [5.74, 6) is -3.03. The van der Waals surface area contributed by atoms with Crippen LogP contribution in [0.25, 0.3) is 0 Å². The summed E-state index contributed by atoms with van der Waals surface area (Å²) in [6.07, 6.45) is -5.38. The van der Waals surface area contributed by atoms with Crippen LogP contribution in [0.4, 0.5) is 23.7 Å². The quantitative estimate of drug-likeness (QED) is 0.384. The number of carboxylic acid groups (broad SMARTS) is 2. The highest BCUT2D eigenvalue weighted by Gasteiger charge is 2.38. The van der Waals surface area contributed by atoms with E-state index in [0.29, 0.717) is 45.3 Å². The van der Waals surface area contributed by atoms with Crippen molar-refractivity contribution in [3.63, 3.8) is 0 Å². The van der Waals surface area contributed by atoms with E-state index in [9.17, 15) is 22.8 Å². The summed E-state index contributed by atoms with van der Waals surface area (Å²) >= 11 is 0. The van der Waals surface area contributed by atoms with Crippen molar-refractivity contribution in [2.75, 3.05) is 38.1 Å². The molecule has 13 heteroatoms. The second-order valence-corrected chi connectivity index (χ2v) is 8.11. The van der Waals surface area contributed by atoms with E-state index in [-0.39, 0.29) is 11.7 Å². The summed E-state index contributed by atoms with van der Waals surface area (Å²) in [5.41, 5.74) is 3.27. The normalized spacial score (nSPS) is 13.8. The number of hydrogen-bond donors (Lipinski definition) is 3. The standard InChI is InChI=1S/C23H28N4O4.C2HF3O2/c1-3-31-23(30)27-14-12-26(13-15-27)22(24-16-18-6-4-17(2)5-7-18)25-20-10-8-19(9-11-20)21(28)29;3-2(4,5)1(6)7/h4-11H,3,12-16H2,1-2H3,(H,24,25)(H,28,29);(H,6,7). The van der Waals surface area contributed by atoms with Crippen LogP contribution in [0.1, 0.15) is 28.4 Å². The third-order valence-electron chi connectivity index (χ3n) is 5.27. The fourth-order valence-corrected chi connectivity index (χ4v) is 3.22. The Bertz CT molecular complexity index is 1110. The average molecular weight is 539 g/mol. The fraction of sp³-hybridized carbons (Fsp3) is 0.360. The maximum atomic E-state index is 12.0. The van der Waals surface area contributed by atoms with Crippen LogP contribution in [0, 0.1) is 6.92 Å². The number of anilines is 1. The summed E-state index contributed by atoms with van der Waals surface area (Å²) < 4.78 is 36.8. The summed E-state index contributed by atoms with van der Waals surface area (Å²) in [6, 6.07) is 14.8. The Morgan fingerprint density at radius 3 is 1.95 bits per heavy atom. The summed E-state index contributed by atoms with van der Waals surface area (Å²) in [6.45, 7) is 7.03. The van der Waals surface area contributed by atoms with Gasteiger partial charge >= 0.3 is 24.2 Å². The van der Waals surface area contributed by atoms with E-state index >= 15 is 0 Å². The van der Waals surface area contributed by atoms with Crippen LogP contribution in [0.2, 0.25) is 0 Å². The van der Waals surface area contributed by atoms with Gasteiger partial charge in [0.25, 0.3) is 0 Å². The maximum absolute atomic E-state index is 12.0. The largest absolute Gasteiger partial charge is 0.490 e. The second-order valence-electron chi connectivity index (χ2n) is 8.11. The number of aliphatic carboxylic acids is 1. The Balaban J connectivity index is 0.000000638. The number of nitrogens with one attached hydrogen (secondary N) is 1. The third-order valence-corrected chi connectivity index (χ3v) is 5.27. The lowest BCUT2D eigenvalue weighted by molar-refractivity contribution is -0.192. The van der Waals surface area contributed by atoms with Gasteiger partial charge in [-0.2, -0.15) is 13.2 Å². The number of carbonyl (C=O) groups excluding carboxylic acids is 1. The van der Waals surface area contributed by atoms with E-state index < -0.39 is 18.1 Å². The zero-order chi connectivity index (χ0) is 28.3. The molecule has 0 atom stereocenters. The van der Waals surface area contributed by atoms with E-state index in [4.69, 9.17) is 24.7 Å². The van der Waals surface area contributed by atoms with Crippen LogP contribution in [0.5, 0.6) is 0 Å². The highest BCUT2D eigenvalue weighted by atomic mass is 19.4. The molecule has 0 saturated carbocycles. The Morgan fingerprint density at radius 1 is 0.947 bits per heavy atom. The lowest BCUT2D eigenvalue weighted by Crippen LogP contribution is -2.52. The number of ether oxygens (including phenoxy) is 1. The molecule has 2 aromatic carbocycles. The number of halogens is 3. The number of hydrogen-bond acceptors (Lipinski definition) is 5. The van der Waals surface area contributed by atoms with Crippen molar-refractivity contribution in [1.29, 1.82) is 0 Å². The van der Waals surface area contributed by atoms with Gasteiger partial charge in [0.1, 0.15) is 0 Å². The van der Waals surface area contributed by atoms with Gasteiger partial charge in [-0.1, -0.05) is 29.8 Å². The Morgan fingerprint density at radius 2 is 1.47 bits per heavy atom. The van der Waals surface area contributed by atoms with E-state index in [2.05, 4.69) is 34.5 Å². The molecule has 0 aromatic heterocycles. The van der Waals surface area contributed by atoms with Crippen molar-refractivity contribution in [1.82, 2.24) is 9.80 Å². The molecule has 1 saturated heterocycles. The smallest absolute Gasteiger partial charge is 0.478 e. The lowest BCUT2D eigenvalue weighted by Gasteiger charge is -2.36. The lowest BCUT2D eigenvalue weighted by atomic mass is 10.1. The third kappa shape index (κ3) is 9.64. The summed E-state index contributed by atoms with van der Waals surface area (Å²) in [7, 11) is 0. The minimum absolute atomic E-state index is 0.228. The molecule has 38 heavy (non-hydrogen) atoms. The van der Waals surface area contributed by atoms with Gasteiger partial charge < -0.3 is 30.1 Å². The first-order chi connectivity index (χ1) is 17.9. The highest BCUT2D eigenvalue weighted by molar-refractivity contribution is 5.95. The molecule has 0 aliphatic carbocycles. The minimum Gasteiger partial charge on any atom is -0.478 e. The van der Waals surface area contributed by atoms with Crippen molar-refractivity contribution in [3.05, 3.63) is 65.2 Å². The van der Waals surface area contributed by atoms with Gasteiger partial charge in [0, 0.05) is 31.9 Å². The van der Waals surface area contributed by atoms with Crippen LogP contribution in [0.15, 0.2) is 53.5 Å². The number of guanidine groups is 1. The number of rotatable bonds is 5. The molecular weight excluding hydrogens is 509 g/mol. The molecule has 1 fully saturated rings. The number of piperazine rings is 1. The molecule has 10 nitrogen and oxygen atoms in total. The molecule has 1 heterocycles. The molecular formula is C25H29F3N4O6. The van der Waals surface area contributed by atoms with Crippen molar-refractivity contribution < 1.29 is 42.5 Å². The number of aromatic carboxylic acids is 1. The molecule has 2 aromatic rings. The van der Waals surface area contributed by atoms with Crippen molar-refractivity contribution >= 4 is 29.7 Å². The van der Waals surface area contributed by atoms with Crippen LogP contribution < -0.4 is 5.32 Å². The number of carbonyl (C=O) groups is 3. The molecule has 1 aliphatic heterocycles. The number of benzene rings is 2. The fourth-order valence-electron chi connectivity index (χ4n) is 3.22. The summed E-state index contributed by atoms with van der Waals surface area (Å²) in [4.78, 5) is 40.6. The SMILES string of the molecule is CCOC(=O)N1CCN(C(=NCc2ccc(C)cc2)Nc2ccc(C(=O)O)cc2)CC1.O=C(O)C(F)(F)F. The molecule has 0 unspecified atom stereocenters. The Hall–Kier alpha value is -4.29. The first-order valence-electron chi connectivity index (χ1n) is 11.6. The molecule has 206 valence electrons. The van der Waals surface area contributed by atoms with Gasteiger partial charge in [0.05, 0.1) is 18.7 Å². The molecule has 0 radical (unpaired) electrons. The Labute approximate surface area is 217 Å². The predicted molar refractivity (Wildman–Crippen MR) is 133 cm³/mol. The van der Waals surface area contributed by atoms with Crippen LogP contribution in [0.3, 0.4) is 0 Å². The van der Waals surface area contributed by atoms with Crippen LogP contribution in [-0.4, -0.2) is 83.0 Å². The topological polar surface area (TPSA) is 132 Å². The monoisotopic (exact) mass is 538 g/mol. The average Bonchev–Trinajstić information content (AvgIpc) is 2.88. The zero-order valence-electron chi connectivity index (χ0n) is 20.9. The molecule has 1 amide bonds. The molecule has 0 spiro atoms. The summed E-state index contributed by atoms with van der Waals surface area (Å²) in [5, 5.41) is 19.5. The molecule has 3 N–H and O–H groups in total. The zero-order valence-corrected chi connectivity index (χ0v) is 20.9. The minimum atomic E-state index is -5.08. The number of aliphatic imine (C=N–C) groups is 1. The first kappa shape index (κ1) is 29.9. The van der Waals surface area contributed by atoms with Crippen molar-refractivity contribution in [2.24, 2.45) is 4.99 Å². The number of aryl methyl sites for hydroxylation is 1. The predicted octanol–water partition coefficient (Wildman–Crippen LogP) is 4.07. The maximum Gasteiger partial charge on any atom is 0.490 e. The van der Waals surface area contributed by atoms with Gasteiger partial charge in [0.15, 0.2) is 5.96 Å². The molecule has 1 aliphatic rings. The van der Waals surface area contributed by atoms with Crippen LogP contribution in [-0.2, 0) is 16.1 Å². The van der Waals surface area contributed by atoms with E-state index in [1.165, 1.54) is 5.56 Å². The van der Waals surface area contributed by atoms with Gasteiger partial charge in [-0.25, -0.2) is 19.4 Å². The van der Waals surface area contributed by atoms with Crippen molar-refractivity contribution in [2.45, 2.75) is 26.6 Å². The van der Waals surface area contributed by atoms with Gasteiger partial charge in [-0.15, -0.1) is 0 Å². The molecule has 3 rings (SSSR count). The second kappa shape index (κ2) is 13.9. The first-order valence-corrected chi connectivity index (χ1v) is 11.6. The van der Waals surface area contributed by atoms with Crippen LogP contribution >= 0.6 is 0 Å². The number of nitrogens with zero attached hydrogens (tertiary/aromatic N) is 3. The number of amides is 1. The van der Waals surface area contributed by atoms with Gasteiger partial charge in [-0.3, -0.25) is 0 Å². The number of carboxylic acids is 2. The van der Waals surface area contributed by atoms with Crippen molar-refractivity contribution in [3.8, 4) is 0 Å². The molecule has 0 bridgehead atoms. The van der Waals surface area contributed by atoms with E-state index in [0.717, 1.165) is 11.3 Å². The van der Waals surface area contributed by atoms with Gasteiger partial charge in [-0.05, 0) is 43.7 Å². The van der Waals surface area contributed by atoms with E-state index in [1.54, 1.807) is 36.1 Å². The Kier molecular flexibility index (Phi) is 10.9. The highest BCUT2D eigenvalue weighted by Crippen LogP contribution is 2.14. The number of alkyl halides is 3.